The SMILES string of the molecule is O=Cc1cc(C(F)(F)F)ccc1C(=O)C#Cc1ccccc1. The molecule has 22 heavy (non-hydrogen) atoms. The zero-order valence-corrected chi connectivity index (χ0v) is 11.1. The number of ketones is 1. The van der Waals surface area contributed by atoms with Gasteiger partial charge in [-0.25, -0.2) is 0 Å². The van der Waals surface area contributed by atoms with E-state index in [0.717, 1.165) is 12.1 Å². The summed E-state index contributed by atoms with van der Waals surface area (Å²) in [4.78, 5) is 22.9. The average Bonchev–Trinajstić information content (AvgIpc) is 2.52. The molecule has 110 valence electrons. The highest BCUT2D eigenvalue weighted by atomic mass is 19.4. The number of carbonyl (C=O) groups is 2. The van der Waals surface area contributed by atoms with Gasteiger partial charge in [-0.3, -0.25) is 9.59 Å². The van der Waals surface area contributed by atoms with Crippen molar-refractivity contribution in [1.29, 1.82) is 0 Å². The zero-order chi connectivity index (χ0) is 16.2. The summed E-state index contributed by atoms with van der Waals surface area (Å²) in [5, 5.41) is 0. The molecule has 0 fully saturated rings. The third-order valence-corrected chi connectivity index (χ3v) is 2.84. The first-order valence-electron chi connectivity index (χ1n) is 6.19. The summed E-state index contributed by atoms with van der Waals surface area (Å²) < 4.78 is 37.7. The van der Waals surface area contributed by atoms with E-state index in [4.69, 9.17) is 0 Å². The van der Waals surface area contributed by atoms with E-state index >= 15 is 0 Å². The van der Waals surface area contributed by atoms with Crippen LogP contribution in [-0.2, 0) is 6.18 Å². The maximum absolute atomic E-state index is 12.6. The lowest BCUT2D eigenvalue weighted by atomic mass is 10.0. The van der Waals surface area contributed by atoms with Crippen LogP contribution in [0.1, 0.15) is 31.8 Å². The maximum Gasteiger partial charge on any atom is 0.416 e. The van der Waals surface area contributed by atoms with Gasteiger partial charge in [0, 0.05) is 16.7 Å². The maximum atomic E-state index is 12.6. The molecule has 0 aliphatic heterocycles. The second-order valence-corrected chi connectivity index (χ2v) is 4.36. The van der Waals surface area contributed by atoms with Crippen LogP contribution in [0.5, 0.6) is 0 Å². The first kappa shape index (κ1) is 15.5. The average molecular weight is 302 g/mol. The Morgan fingerprint density at radius 2 is 1.73 bits per heavy atom. The molecule has 0 N–H and O–H groups in total. The monoisotopic (exact) mass is 302 g/mol. The Morgan fingerprint density at radius 3 is 2.32 bits per heavy atom. The second kappa shape index (κ2) is 6.27. The second-order valence-electron chi connectivity index (χ2n) is 4.36. The van der Waals surface area contributed by atoms with Gasteiger partial charge in [-0.2, -0.15) is 13.2 Å². The third-order valence-electron chi connectivity index (χ3n) is 2.84. The van der Waals surface area contributed by atoms with Crippen molar-refractivity contribution in [2.75, 3.05) is 0 Å². The van der Waals surface area contributed by atoms with Gasteiger partial charge < -0.3 is 0 Å². The first-order chi connectivity index (χ1) is 10.4. The summed E-state index contributed by atoms with van der Waals surface area (Å²) in [6, 6.07) is 11.0. The van der Waals surface area contributed by atoms with E-state index < -0.39 is 17.5 Å². The summed E-state index contributed by atoms with van der Waals surface area (Å²) in [5.41, 5.74) is -0.869. The number of Topliss-reactive ketones (excluding diaryl/α,β-unsaturated/α-hetero) is 1. The number of halogens is 3. The van der Waals surface area contributed by atoms with Crippen molar-refractivity contribution in [1.82, 2.24) is 0 Å². The molecular formula is C17H9F3O2. The predicted octanol–water partition coefficient (Wildman–Crippen LogP) is 3.75. The molecular weight excluding hydrogens is 293 g/mol. The smallest absolute Gasteiger partial charge is 0.298 e. The predicted molar refractivity (Wildman–Crippen MR) is 74.5 cm³/mol. The molecule has 0 saturated carbocycles. The molecule has 0 unspecified atom stereocenters. The van der Waals surface area contributed by atoms with Crippen molar-refractivity contribution in [3.05, 3.63) is 70.8 Å². The van der Waals surface area contributed by atoms with Crippen LogP contribution >= 0.6 is 0 Å². The van der Waals surface area contributed by atoms with Crippen molar-refractivity contribution in [2.45, 2.75) is 6.18 Å². The zero-order valence-electron chi connectivity index (χ0n) is 11.1. The number of carbonyl (C=O) groups excluding carboxylic acids is 2. The molecule has 0 spiro atoms. The number of aldehydes is 1. The fourth-order valence-corrected chi connectivity index (χ4v) is 1.76. The van der Waals surface area contributed by atoms with E-state index in [2.05, 4.69) is 11.8 Å². The van der Waals surface area contributed by atoms with Gasteiger partial charge in [0.05, 0.1) is 5.56 Å². The van der Waals surface area contributed by atoms with Crippen LogP contribution in [0.4, 0.5) is 13.2 Å². The summed E-state index contributed by atoms with van der Waals surface area (Å²) >= 11 is 0. The molecule has 0 aromatic heterocycles. The van der Waals surface area contributed by atoms with Crippen molar-refractivity contribution < 1.29 is 22.8 Å². The number of rotatable bonds is 2. The van der Waals surface area contributed by atoms with E-state index in [0.29, 0.717) is 11.6 Å². The van der Waals surface area contributed by atoms with Crippen molar-refractivity contribution in [3.63, 3.8) is 0 Å². The van der Waals surface area contributed by atoms with Crippen LogP contribution < -0.4 is 0 Å². The first-order valence-corrected chi connectivity index (χ1v) is 6.19. The fourth-order valence-electron chi connectivity index (χ4n) is 1.76. The van der Waals surface area contributed by atoms with Crippen LogP contribution in [0, 0.1) is 11.8 Å². The van der Waals surface area contributed by atoms with Gasteiger partial charge in [-0.1, -0.05) is 24.1 Å². The molecule has 0 heterocycles. The van der Waals surface area contributed by atoms with Crippen LogP contribution in [0.3, 0.4) is 0 Å². The Bertz CT molecular complexity index is 766. The molecule has 2 aromatic carbocycles. The highest BCUT2D eigenvalue weighted by Crippen LogP contribution is 2.30. The molecule has 0 aliphatic rings. The van der Waals surface area contributed by atoms with Gasteiger partial charge >= 0.3 is 6.18 Å². The number of benzene rings is 2. The molecule has 2 rings (SSSR count). The molecule has 5 heteroatoms. The molecule has 2 aromatic rings. The minimum absolute atomic E-state index is 0.147. The number of hydrogen-bond donors (Lipinski definition) is 0. The molecule has 0 atom stereocenters. The van der Waals surface area contributed by atoms with Gasteiger partial charge in [-0.15, -0.1) is 0 Å². The summed E-state index contributed by atoms with van der Waals surface area (Å²) in [6.45, 7) is 0. The summed E-state index contributed by atoms with van der Waals surface area (Å²) in [6.07, 6.45) is -4.36. The fraction of sp³-hybridized carbons (Fsp3) is 0.0588. The van der Waals surface area contributed by atoms with Crippen LogP contribution in [0.15, 0.2) is 48.5 Å². The number of hydrogen-bond acceptors (Lipinski definition) is 2. The Morgan fingerprint density at radius 1 is 1.05 bits per heavy atom. The van der Waals surface area contributed by atoms with Gasteiger partial charge in [0.25, 0.3) is 0 Å². The standard InChI is InChI=1S/C17H9F3O2/c18-17(19,20)14-7-8-15(13(10-14)11-21)16(22)9-6-12-4-2-1-3-5-12/h1-5,7-8,10-11H. The van der Waals surface area contributed by atoms with Gasteiger partial charge in [-0.05, 0) is 36.3 Å². The van der Waals surface area contributed by atoms with Crippen LogP contribution in [0.25, 0.3) is 0 Å². The normalized spacial score (nSPS) is 10.5. The molecule has 2 nitrogen and oxygen atoms in total. The highest BCUT2D eigenvalue weighted by molar-refractivity contribution is 6.13. The molecule has 0 radical (unpaired) electrons. The van der Waals surface area contributed by atoms with Crippen molar-refractivity contribution in [2.24, 2.45) is 0 Å². The van der Waals surface area contributed by atoms with Gasteiger partial charge in [0.2, 0.25) is 5.78 Å². The third kappa shape index (κ3) is 3.61. The number of alkyl halides is 3. The van der Waals surface area contributed by atoms with Crippen molar-refractivity contribution in [3.8, 4) is 11.8 Å². The topological polar surface area (TPSA) is 34.1 Å². The van der Waals surface area contributed by atoms with E-state index in [9.17, 15) is 22.8 Å². The molecule has 0 bridgehead atoms. The quantitative estimate of drug-likeness (QED) is 0.481. The van der Waals surface area contributed by atoms with Gasteiger partial charge in [0.15, 0.2) is 6.29 Å². The molecule has 0 aliphatic carbocycles. The van der Waals surface area contributed by atoms with E-state index in [-0.39, 0.29) is 17.4 Å². The lowest BCUT2D eigenvalue weighted by molar-refractivity contribution is -0.137. The lowest BCUT2D eigenvalue weighted by Gasteiger charge is -2.08. The Balaban J connectivity index is 2.35. The largest absolute Gasteiger partial charge is 0.416 e. The van der Waals surface area contributed by atoms with Crippen LogP contribution in [-0.4, -0.2) is 12.1 Å². The highest BCUT2D eigenvalue weighted by Gasteiger charge is 2.31. The minimum atomic E-state index is -4.57. The van der Waals surface area contributed by atoms with E-state index in [1.165, 1.54) is 0 Å². The summed E-state index contributed by atoms with van der Waals surface area (Å²) in [5.74, 6) is 4.21. The molecule has 0 saturated heterocycles. The van der Waals surface area contributed by atoms with Gasteiger partial charge in [0.1, 0.15) is 0 Å². The van der Waals surface area contributed by atoms with E-state index in [1.54, 1.807) is 30.3 Å². The minimum Gasteiger partial charge on any atom is -0.298 e. The lowest BCUT2D eigenvalue weighted by Crippen LogP contribution is -2.08. The Labute approximate surface area is 124 Å². The Kier molecular flexibility index (Phi) is 4.42. The Hall–Kier alpha value is -2.87. The summed E-state index contributed by atoms with van der Waals surface area (Å²) in [7, 11) is 0. The molecule has 0 amide bonds. The van der Waals surface area contributed by atoms with Crippen molar-refractivity contribution >= 4 is 12.1 Å². The van der Waals surface area contributed by atoms with E-state index in [1.807, 2.05) is 0 Å². The van der Waals surface area contributed by atoms with Crippen LogP contribution in [0.2, 0.25) is 0 Å².